The van der Waals surface area contributed by atoms with Gasteiger partial charge in [0, 0.05) is 16.8 Å². The van der Waals surface area contributed by atoms with Gasteiger partial charge in [-0.2, -0.15) is 5.26 Å². The van der Waals surface area contributed by atoms with E-state index in [4.69, 9.17) is 10.7 Å². The van der Waals surface area contributed by atoms with Crippen LogP contribution in [0.4, 0.5) is 0 Å². The molecule has 1 aliphatic heterocycles. The van der Waals surface area contributed by atoms with Crippen LogP contribution in [0, 0.1) is 28.6 Å². The Kier molecular flexibility index (Phi) is 3.85. The Balaban J connectivity index is 1.74. The van der Waals surface area contributed by atoms with Crippen molar-refractivity contribution in [3.63, 3.8) is 0 Å². The fraction of sp³-hybridized carbons (Fsp3) is 0.350. The van der Waals surface area contributed by atoms with Crippen LogP contribution in [-0.2, 0) is 10.3 Å². The van der Waals surface area contributed by atoms with Crippen molar-refractivity contribution in [3.8, 4) is 16.5 Å². The molecule has 6 heteroatoms. The second kappa shape index (κ2) is 5.96. The van der Waals surface area contributed by atoms with Crippen LogP contribution < -0.4 is 5.32 Å². The van der Waals surface area contributed by atoms with Gasteiger partial charge in [0.05, 0.1) is 23.1 Å². The molecular weight excluding hydrogens is 344 g/mol. The van der Waals surface area contributed by atoms with Gasteiger partial charge in [-0.1, -0.05) is 12.1 Å². The summed E-state index contributed by atoms with van der Waals surface area (Å²) in [5.74, 6) is 0.401. The fourth-order valence-corrected chi connectivity index (χ4v) is 4.95. The number of nitrogens with zero attached hydrogens (tertiary/aromatic N) is 2. The zero-order chi connectivity index (χ0) is 18.5. The van der Waals surface area contributed by atoms with Crippen molar-refractivity contribution in [2.45, 2.75) is 25.3 Å². The summed E-state index contributed by atoms with van der Waals surface area (Å²) in [6.07, 6.45) is 2.13. The smallest absolute Gasteiger partial charge is 0.235 e. The Labute approximate surface area is 156 Å². The number of hydrogen-bond donors (Lipinski definition) is 2. The first-order valence-electron chi connectivity index (χ1n) is 8.69. The molecule has 2 aromatic rings. The predicted octanol–water partition coefficient (Wildman–Crippen LogP) is 3.52. The van der Waals surface area contributed by atoms with Crippen LogP contribution in [0.15, 0.2) is 36.4 Å². The Morgan fingerprint density at radius 1 is 1.35 bits per heavy atom. The van der Waals surface area contributed by atoms with Crippen molar-refractivity contribution in [3.05, 3.63) is 46.8 Å². The van der Waals surface area contributed by atoms with Gasteiger partial charge in [-0.05, 0) is 55.5 Å². The molecule has 132 valence electrons. The lowest BCUT2D eigenvalue weighted by molar-refractivity contribution is -0.136. The summed E-state index contributed by atoms with van der Waals surface area (Å²) in [5, 5.41) is 20.6. The van der Waals surface area contributed by atoms with Crippen LogP contribution >= 0.6 is 11.3 Å². The summed E-state index contributed by atoms with van der Waals surface area (Å²) in [6, 6.07) is 13.8. The average molecular weight is 364 g/mol. The molecule has 2 aliphatic rings. The summed E-state index contributed by atoms with van der Waals surface area (Å²) in [5.41, 5.74) is 1.06. The fourth-order valence-electron chi connectivity index (χ4n) is 3.80. The zero-order valence-electron chi connectivity index (χ0n) is 14.7. The molecule has 1 saturated heterocycles. The molecule has 1 amide bonds. The number of rotatable bonds is 3. The maximum Gasteiger partial charge on any atom is 0.235 e. The number of carbonyl (C=O) groups excluding carboxylic acids is 1. The van der Waals surface area contributed by atoms with Gasteiger partial charge in [-0.15, -0.1) is 11.3 Å². The first kappa shape index (κ1) is 16.8. The van der Waals surface area contributed by atoms with Crippen molar-refractivity contribution < 1.29 is 4.79 Å². The lowest BCUT2D eigenvalue weighted by Crippen LogP contribution is -2.64. The maximum absolute atomic E-state index is 12.9. The van der Waals surface area contributed by atoms with Crippen molar-refractivity contribution in [2.75, 3.05) is 7.05 Å². The first-order valence-corrected chi connectivity index (χ1v) is 9.51. The first-order chi connectivity index (χ1) is 12.4. The molecule has 2 N–H and O–H groups in total. The van der Waals surface area contributed by atoms with Gasteiger partial charge in [0.2, 0.25) is 5.91 Å². The van der Waals surface area contributed by atoms with Crippen LogP contribution in [0.25, 0.3) is 10.4 Å². The second-order valence-corrected chi connectivity index (χ2v) is 8.33. The Bertz CT molecular complexity index is 939. The van der Waals surface area contributed by atoms with Crippen LogP contribution in [0.5, 0.6) is 0 Å². The number of guanidine groups is 1. The topological polar surface area (TPSA) is 80.0 Å². The van der Waals surface area contributed by atoms with Crippen LogP contribution in [0.1, 0.15) is 30.2 Å². The van der Waals surface area contributed by atoms with E-state index in [1.54, 1.807) is 24.5 Å². The third kappa shape index (κ3) is 2.60. The molecule has 1 aromatic carbocycles. The second-order valence-electron chi connectivity index (χ2n) is 7.24. The average Bonchev–Trinajstić information content (AvgIpc) is 3.33. The molecule has 2 heterocycles. The summed E-state index contributed by atoms with van der Waals surface area (Å²) >= 11 is 1.63. The minimum atomic E-state index is -0.572. The van der Waals surface area contributed by atoms with E-state index in [9.17, 15) is 4.79 Å². The van der Waals surface area contributed by atoms with Gasteiger partial charge in [-0.3, -0.25) is 15.1 Å². The van der Waals surface area contributed by atoms with Gasteiger partial charge >= 0.3 is 0 Å². The lowest BCUT2D eigenvalue weighted by atomic mass is 9.78. The number of amides is 1. The molecule has 1 saturated carbocycles. The van der Waals surface area contributed by atoms with E-state index in [2.05, 4.69) is 11.4 Å². The lowest BCUT2D eigenvalue weighted by Gasteiger charge is -2.45. The van der Waals surface area contributed by atoms with Gasteiger partial charge in [0.25, 0.3) is 0 Å². The van der Waals surface area contributed by atoms with E-state index in [-0.39, 0.29) is 17.8 Å². The quantitative estimate of drug-likeness (QED) is 0.874. The molecule has 26 heavy (non-hydrogen) atoms. The molecule has 1 aromatic heterocycles. The number of carbonyl (C=O) groups is 1. The standard InChI is InChI=1S/C20H20N4OS/c1-20(17(13-6-7-13)18(25)24(2)19(22)23-20)16-9-8-15(26-16)14-5-3-4-12(10-14)11-21/h3-5,8-10,13,17H,6-7H2,1-2H3,(H2,22,23)/t17-,20+/m0/s1. The number of thiophene rings is 1. The predicted molar refractivity (Wildman–Crippen MR) is 102 cm³/mol. The summed E-state index contributed by atoms with van der Waals surface area (Å²) in [4.78, 5) is 16.4. The summed E-state index contributed by atoms with van der Waals surface area (Å²) < 4.78 is 0. The highest BCUT2D eigenvalue weighted by Gasteiger charge is 2.54. The summed E-state index contributed by atoms with van der Waals surface area (Å²) in [7, 11) is 1.67. The molecule has 2 fully saturated rings. The Morgan fingerprint density at radius 2 is 2.12 bits per heavy atom. The highest BCUT2D eigenvalue weighted by Crippen LogP contribution is 2.50. The SMILES string of the molecule is CN1C(=N)N[C@](C)(c2ccc(-c3cccc(C#N)c3)s2)[C@@H](C2CC2)C1=O. The van der Waals surface area contributed by atoms with Crippen molar-refractivity contribution >= 4 is 23.2 Å². The van der Waals surface area contributed by atoms with E-state index in [1.807, 2.05) is 37.3 Å². The van der Waals surface area contributed by atoms with Gasteiger partial charge in [0.1, 0.15) is 0 Å². The zero-order valence-corrected chi connectivity index (χ0v) is 15.6. The maximum atomic E-state index is 12.9. The molecular formula is C20H20N4OS. The number of nitrogens with one attached hydrogen (secondary N) is 2. The largest absolute Gasteiger partial charge is 0.345 e. The third-order valence-electron chi connectivity index (χ3n) is 5.42. The number of hydrogen-bond acceptors (Lipinski definition) is 4. The minimum Gasteiger partial charge on any atom is -0.345 e. The number of benzene rings is 1. The van der Waals surface area contributed by atoms with Crippen molar-refractivity contribution in [2.24, 2.45) is 11.8 Å². The minimum absolute atomic E-state index is 0.0279. The molecule has 0 radical (unpaired) electrons. The number of nitriles is 1. The molecule has 4 rings (SSSR count). The van der Waals surface area contributed by atoms with E-state index >= 15 is 0 Å². The molecule has 2 atom stereocenters. The van der Waals surface area contributed by atoms with Crippen molar-refractivity contribution in [1.82, 2.24) is 10.2 Å². The highest BCUT2D eigenvalue weighted by molar-refractivity contribution is 7.15. The van der Waals surface area contributed by atoms with E-state index in [0.717, 1.165) is 28.2 Å². The summed E-state index contributed by atoms with van der Waals surface area (Å²) in [6.45, 7) is 2.04. The third-order valence-corrected chi connectivity index (χ3v) is 6.79. The van der Waals surface area contributed by atoms with Crippen LogP contribution in [-0.4, -0.2) is 23.8 Å². The van der Waals surface area contributed by atoms with Gasteiger partial charge < -0.3 is 5.32 Å². The van der Waals surface area contributed by atoms with Gasteiger partial charge in [-0.25, -0.2) is 0 Å². The molecule has 0 spiro atoms. The highest BCUT2D eigenvalue weighted by atomic mass is 32.1. The Morgan fingerprint density at radius 3 is 2.81 bits per heavy atom. The molecule has 0 unspecified atom stereocenters. The van der Waals surface area contributed by atoms with E-state index < -0.39 is 5.54 Å². The van der Waals surface area contributed by atoms with Crippen molar-refractivity contribution in [1.29, 1.82) is 10.7 Å². The van der Waals surface area contributed by atoms with Crippen LogP contribution in [0.3, 0.4) is 0 Å². The van der Waals surface area contributed by atoms with E-state index in [1.165, 1.54) is 4.90 Å². The Hall–Kier alpha value is -2.65. The normalized spacial score (nSPS) is 25.7. The molecule has 1 aliphatic carbocycles. The molecule has 5 nitrogen and oxygen atoms in total. The van der Waals surface area contributed by atoms with E-state index in [0.29, 0.717) is 11.5 Å². The van der Waals surface area contributed by atoms with Crippen LogP contribution in [0.2, 0.25) is 0 Å². The monoisotopic (exact) mass is 364 g/mol. The van der Waals surface area contributed by atoms with Gasteiger partial charge in [0.15, 0.2) is 5.96 Å². The molecule has 0 bridgehead atoms.